The van der Waals surface area contributed by atoms with Crippen LogP contribution in [0, 0.1) is 0 Å². The number of aromatic nitrogens is 4. The van der Waals surface area contributed by atoms with Gasteiger partial charge in [0.25, 0.3) is 0 Å². The first-order valence-corrected chi connectivity index (χ1v) is 7.54. The van der Waals surface area contributed by atoms with Gasteiger partial charge in [0.05, 0.1) is 12.1 Å². The lowest BCUT2D eigenvalue weighted by molar-refractivity contribution is 0.571. The predicted molar refractivity (Wildman–Crippen MR) is 82.8 cm³/mol. The molecule has 2 aromatic heterocycles. The molecule has 0 fully saturated rings. The Hall–Kier alpha value is -1.27. The van der Waals surface area contributed by atoms with Gasteiger partial charge in [-0.3, -0.25) is 0 Å². The van der Waals surface area contributed by atoms with E-state index in [-0.39, 0.29) is 10.7 Å². The maximum Gasteiger partial charge on any atom is 0.229 e. The standard InChI is InChI=1S/C13H18ClN5S/c1-13(2,3)8-7-20-10(15-8)6-9-16-11(14)18-12(17-9)19(4)5/h7H,6H2,1-5H3. The highest BCUT2D eigenvalue weighted by Crippen LogP contribution is 2.24. The lowest BCUT2D eigenvalue weighted by Gasteiger charge is -2.14. The molecule has 0 atom stereocenters. The number of hydrogen-bond donors (Lipinski definition) is 0. The van der Waals surface area contributed by atoms with Gasteiger partial charge in [-0.25, -0.2) is 9.97 Å². The average molecular weight is 312 g/mol. The van der Waals surface area contributed by atoms with Gasteiger partial charge in [-0.2, -0.15) is 9.97 Å². The van der Waals surface area contributed by atoms with Crippen LogP contribution >= 0.6 is 22.9 Å². The van der Waals surface area contributed by atoms with Crippen LogP contribution in [0.5, 0.6) is 0 Å². The Balaban J connectivity index is 2.24. The Morgan fingerprint density at radius 1 is 1.15 bits per heavy atom. The van der Waals surface area contributed by atoms with Crippen LogP contribution in [0.1, 0.15) is 37.3 Å². The average Bonchev–Trinajstić information content (AvgIpc) is 2.76. The molecule has 5 nitrogen and oxygen atoms in total. The van der Waals surface area contributed by atoms with E-state index in [4.69, 9.17) is 11.6 Å². The largest absolute Gasteiger partial charge is 0.347 e. The van der Waals surface area contributed by atoms with Crippen LogP contribution in [0.3, 0.4) is 0 Å². The summed E-state index contributed by atoms with van der Waals surface area (Å²) in [5.41, 5.74) is 1.14. The summed E-state index contributed by atoms with van der Waals surface area (Å²) in [6.07, 6.45) is 0.573. The lowest BCUT2D eigenvalue weighted by atomic mass is 9.93. The monoisotopic (exact) mass is 311 g/mol. The molecular weight excluding hydrogens is 294 g/mol. The highest BCUT2D eigenvalue weighted by molar-refractivity contribution is 7.09. The Kier molecular flexibility index (Phi) is 4.25. The molecule has 7 heteroatoms. The van der Waals surface area contributed by atoms with Crippen molar-refractivity contribution in [3.05, 3.63) is 27.2 Å². The van der Waals surface area contributed by atoms with E-state index in [0.717, 1.165) is 10.7 Å². The molecule has 0 radical (unpaired) electrons. The number of hydrogen-bond acceptors (Lipinski definition) is 6. The summed E-state index contributed by atoms with van der Waals surface area (Å²) < 4.78 is 0. The van der Waals surface area contributed by atoms with Crippen molar-refractivity contribution in [2.75, 3.05) is 19.0 Å². The van der Waals surface area contributed by atoms with E-state index < -0.39 is 0 Å². The number of nitrogens with zero attached hydrogens (tertiary/aromatic N) is 5. The van der Waals surface area contributed by atoms with Gasteiger partial charge in [0.1, 0.15) is 10.8 Å². The van der Waals surface area contributed by atoms with E-state index in [0.29, 0.717) is 18.2 Å². The summed E-state index contributed by atoms with van der Waals surface area (Å²) in [6, 6.07) is 0. The second kappa shape index (κ2) is 5.61. The third-order valence-electron chi connectivity index (χ3n) is 2.67. The summed E-state index contributed by atoms with van der Waals surface area (Å²) in [5, 5.41) is 3.29. The minimum atomic E-state index is 0.0558. The normalized spacial score (nSPS) is 11.7. The fourth-order valence-corrected chi connectivity index (χ4v) is 2.72. The molecule has 2 aromatic rings. The molecule has 0 saturated heterocycles. The number of anilines is 1. The fraction of sp³-hybridized carbons (Fsp3) is 0.538. The van der Waals surface area contributed by atoms with Gasteiger partial charge in [-0.05, 0) is 11.6 Å². The van der Waals surface area contributed by atoms with Gasteiger partial charge >= 0.3 is 0 Å². The first kappa shape index (κ1) is 15.1. The van der Waals surface area contributed by atoms with E-state index in [1.54, 1.807) is 16.2 Å². The van der Waals surface area contributed by atoms with Crippen molar-refractivity contribution in [2.24, 2.45) is 0 Å². The molecule has 20 heavy (non-hydrogen) atoms. The van der Waals surface area contributed by atoms with Gasteiger partial charge in [0.15, 0.2) is 0 Å². The topological polar surface area (TPSA) is 54.8 Å². The molecule has 108 valence electrons. The number of thiazole rings is 1. The van der Waals surface area contributed by atoms with E-state index in [9.17, 15) is 0 Å². The second-order valence-corrected chi connectivity index (χ2v) is 7.05. The molecule has 0 saturated carbocycles. The van der Waals surface area contributed by atoms with Crippen molar-refractivity contribution in [3.8, 4) is 0 Å². The molecular formula is C13H18ClN5S. The smallest absolute Gasteiger partial charge is 0.229 e. The van der Waals surface area contributed by atoms with E-state index in [2.05, 4.69) is 46.1 Å². The molecule has 0 amide bonds. The molecule has 0 unspecified atom stereocenters. The third-order valence-corrected chi connectivity index (χ3v) is 3.69. The van der Waals surface area contributed by atoms with Crippen molar-refractivity contribution in [2.45, 2.75) is 32.6 Å². The number of rotatable bonds is 3. The minimum Gasteiger partial charge on any atom is -0.347 e. The molecule has 0 aliphatic heterocycles. The maximum absolute atomic E-state index is 5.93. The predicted octanol–water partition coefficient (Wildman–Crippen LogP) is 2.94. The van der Waals surface area contributed by atoms with Crippen molar-refractivity contribution in [1.82, 2.24) is 19.9 Å². The van der Waals surface area contributed by atoms with Gasteiger partial charge < -0.3 is 4.90 Å². The van der Waals surface area contributed by atoms with Crippen molar-refractivity contribution in [3.63, 3.8) is 0 Å². The zero-order valence-electron chi connectivity index (χ0n) is 12.3. The lowest BCUT2D eigenvalue weighted by Crippen LogP contribution is -2.15. The van der Waals surface area contributed by atoms with Crippen LogP contribution < -0.4 is 4.90 Å². The van der Waals surface area contributed by atoms with Gasteiger partial charge in [0, 0.05) is 24.9 Å². The molecule has 0 N–H and O–H groups in total. The van der Waals surface area contributed by atoms with Crippen molar-refractivity contribution in [1.29, 1.82) is 0 Å². The third kappa shape index (κ3) is 3.64. The van der Waals surface area contributed by atoms with Crippen LogP contribution in [0.15, 0.2) is 5.38 Å². The molecule has 2 rings (SSSR count). The van der Waals surface area contributed by atoms with Crippen molar-refractivity contribution < 1.29 is 0 Å². The first-order chi connectivity index (χ1) is 9.25. The first-order valence-electron chi connectivity index (χ1n) is 6.28. The molecule has 2 heterocycles. The van der Waals surface area contributed by atoms with Crippen LogP contribution in [0.2, 0.25) is 5.28 Å². The summed E-state index contributed by atoms with van der Waals surface area (Å²) in [4.78, 5) is 19.1. The van der Waals surface area contributed by atoms with E-state index >= 15 is 0 Å². The van der Waals surface area contributed by atoms with Crippen LogP contribution in [0.4, 0.5) is 5.95 Å². The van der Waals surface area contributed by atoms with Crippen molar-refractivity contribution >= 4 is 28.9 Å². The maximum atomic E-state index is 5.93. The second-order valence-electron chi connectivity index (χ2n) is 5.77. The summed E-state index contributed by atoms with van der Waals surface area (Å²) in [7, 11) is 3.74. The molecule has 0 bridgehead atoms. The molecule has 0 spiro atoms. The van der Waals surface area contributed by atoms with E-state index in [1.807, 2.05) is 14.1 Å². The van der Waals surface area contributed by atoms with Gasteiger partial charge in [0.2, 0.25) is 11.2 Å². The van der Waals surface area contributed by atoms with Crippen LogP contribution in [0.25, 0.3) is 0 Å². The van der Waals surface area contributed by atoms with Gasteiger partial charge in [-0.15, -0.1) is 11.3 Å². The summed E-state index contributed by atoms with van der Waals surface area (Å²) >= 11 is 7.56. The highest BCUT2D eigenvalue weighted by Gasteiger charge is 2.18. The Bertz CT molecular complexity index is 603. The Morgan fingerprint density at radius 3 is 2.40 bits per heavy atom. The quantitative estimate of drug-likeness (QED) is 0.872. The van der Waals surface area contributed by atoms with Crippen LogP contribution in [-0.2, 0) is 11.8 Å². The SMILES string of the molecule is CN(C)c1nc(Cl)nc(Cc2nc(C(C)(C)C)cs2)n1. The zero-order valence-corrected chi connectivity index (χ0v) is 13.9. The zero-order chi connectivity index (χ0) is 14.9. The summed E-state index contributed by atoms with van der Waals surface area (Å²) in [6.45, 7) is 6.45. The molecule has 0 aliphatic carbocycles. The number of halogens is 1. The fourth-order valence-electron chi connectivity index (χ4n) is 1.53. The van der Waals surface area contributed by atoms with Crippen LogP contribution in [-0.4, -0.2) is 34.0 Å². The minimum absolute atomic E-state index is 0.0558. The molecule has 0 aromatic carbocycles. The molecule has 0 aliphatic rings. The Labute approximate surface area is 128 Å². The van der Waals surface area contributed by atoms with Gasteiger partial charge in [-0.1, -0.05) is 20.8 Å². The summed E-state index contributed by atoms with van der Waals surface area (Å²) in [5.74, 6) is 1.20. The Morgan fingerprint density at radius 2 is 1.85 bits per heavy atom. The highest BCUT2D eigenvalue weighted by atomic mass is 35.5. The van der Waals surface area contributed by atoms with E-state index in [1.165, 1.54) is 0 Å².